The Morgan fingerprint density at radius 1 is 1.39 bits per heavy atom. The third kappa shape index (κ3) is 3.45. The van der Waals surface area contributed by atoms with Gasteiger partial charge in [-0.15, -0.1) is 0 Å². The molecule has 1 aromatic rings. The molecule has 1 aromatic carbocycles. The third-order valence-corrected chi connectivity index (χ3v) is 3.27. The van der Waals surface area contributed by atoms with Crippen LogP contribution < -0.4 is 10.6 Å². The predicted molar refractivity (Wildman–Crippen MR) is 73.0 cm³/mol. The zero-order chi connectivity index (χ0) is 12.8. The molecule has 100 valence electrons. The average molecular weight is 250 g/mol. The molecule has 1 aliphatic heterocycles. The standard InChI is InChI=1S/C14H22N2O2/c1-17-10-13(18-2)9-15-8-11-3-4-14-12(7-11)5-6-16-14/h3-4,7,13,15-16H,5-6,8-10H2,1-2H3. The normalized spacial score (nSPS) is 15.2. The summed E-state index contributed by atoms with van der Waals surface area (Å²) in [6, 6.07) is 6.62. The summed E-state index contributed by atoms with van der Waals surface area (Å²) >= 11 is 0. The van der Waals surface area contributed by atoms with Gasteiger partial charge < -0.3 is 20.1 Å². The van der Waals surface area contributed by atoms with Gasteiger partial charge in [0.1, 0.15) is 0 Å². The number of ether oxygens (including phenoxy) is 2. The number of benzene rings is 1. The maximum absolute atomic E-state index is 5.31. The Bertz CT molecular complexity index is 382. The van der Waals surface area contributed by atoms with Crippen LogP contribution in [0.5, 0.6) is 0 Å². The van der Waals surface area contributed by atoms with Gasteiger partial charge in [0.05, 0.1) is 12.7 Å². The molecule has 0 saturated carbocycles. The summed E-state index contributed by atoms with van der Waals surface area (Å²) in [5, 5.41) is 6.77. The Balaban J connectivity index is 1.79. The number of hydrogen-bond acceptors (Lipinski definition) is 4. The maximum atomic E-state index is 5.31. The van der Waals surface area contributed by atoms with E-state index >= 15 is 0 Å². The van der Waals surface area contributed by atoms with Gasteiger partial charge >= 0.3 is 0 Å². The van der Waals surface area contributed by atoms with E-state index in [1.54, 1.807) is 14.2 Å². The van der Waals surface area contributed by atoms with E-state index in [9.17, 15) is 0 Å². The quantitative estimate of drug-likeness (QED) is 0.768. The molecule has 0 aromatic heterocycles. The van der Waals surface area contributed by atoms with E-state index in [2.05, 4.69) is 28.8 Å². The summed E-state index contributed by atoms with van der Waals surface area (Å²) in [7, 11) is 3.41. The summed E-state index contributed by atoms with van der Waals surface area (Å²) in [5.74, 6) is 0. The number of methoxy groups -OCH3 is 2. The number of anilines is 1. The van der Waals surface area contributed by atoms with E-state index < -0.39 is 0 Å². The van der Waals surface area contributed by atoms with Crippen LogP contribution in [0.25, 0.3) is 0 Å². The van der Waals surface area contributed by atoms with Crippen LogP contribution in [-0.4, -0.2) is 40.0 Å². The third-order valence-electron chi connectivity index (χ3n) is 3.27. The van der Waals surface area contributed by atoms with Crippen LogP contribution in [0.4, 0.5) is 5.69 Å². The number of hydrogen-bond donors (Lipinski definition) is 2. The SMILES string of the molecule is COCC(CNCc1ccc2c(c1)CCN2)OC. The molecule has 0 saturated heterocycles. The maximum Gasteiger partial charge on any atom is 0.0928 e. The monoisotopic (exact) mass is 250 g/mol. The molecule has 0 aliphatic carbocycles. The first-order valence-corrected chi connectivity index (χ1v) is 6.41. The molecule has 18 heavy (non-hydrogen) atoms. The largest absolute Gasteiger partial charge is 0.384 e. The molecule has 0 fully saturated rings. The zero-order valence-corrected chi connectivity index (χ0v) is 11.2. The Kier molecular flexibility index (Phi) is 4.99. The van der Waals surface area contributed by atoms with Gasteiger partial charge in [-0.05, 0) is 23.6 Å². The first kappa shape index (κ1) is 13.3. The van der Waals surface area contributed by atoms with Crippen molar-refractivity contribution in [2.45, 2.75) is 19.1 Å². The van der Waals surface area contributed by atoms with E-state index in [0.717, 1.165) is 26.1 Å². The van der Waals surface area contributed by atoms with Gasteiger partial charge in [0.2, 0.25) is 0 Å². The fourth-order valence-electron chi connectivity index (χ4n) is 2.24. The van der Waals surface area contributed by atoms with Crippen molar-refractivity contribution < 1.29 is 9.47 Å². The Hall–Kier alpha value is -1.10. The van der Waals surface area contributed by atoms with E-state index in [0.29, 0.717) is 6.61 Å². The van der Waals surface area contributed by atoms with Crippen molar-refractivity contribution in [1.29, 1.82) is 0 Å². The van der Waals surface area contributed by atoms with Crippen LogP contribution in [0.15, 0.2) is 18.2 Å². The molecule has 4 heteroatoms. The van der Waals surface area contributed by atoms with Crippen molar-refractivity contribution in [3.63, 3.8) is 0 Å². The zero-order valence-electron chi connectivity index (χ0n) is 11.2. The highest BCUT2D eigenvalue weighted by Crippen LogP contribution is 2.22. The molecule has 0 bridgehead atoms. The molecule has 0 spiro atoms. The molecule has 1 aliphatic rings. The van der Waals surface area contributed by atoms with Crippen LogP contribution in [0.3, 0.4) is 0 Å². The van der Waals surface area contributed by atoms with Crippen molar-refractivity contribution in [1.82, 2.24) is 5.32 Å². The molecular weight excluding hydrogens is 228 g/mol. The van der Waals surface area contributed by atoms with Gasteiger partial charge in [-0.3, -0.25) is 0 Å². The lowest BCUT2D eigenvalue weighted by molar-refractivity contribution is 0.0288. The average Bonchev–Trinajstić information content (AvgIpc) is 2.85. The molecule has 4 nitrogen and oxygen atoms in total. The molecule has 2 N–H and O–H groups in total. The summed E-state index contributed by atoms with van der Waals surface area (Å²) < 4.78 is 10.4. The van der Waals surface area contributed by atoms with Crippen molar-refractivity contribution in [3.8, 4) is 0 Å². The van der Waals surface area contributed by atoms with Crippen LogP contribution in [0, 0.1) is 0 Å². The molecule has 0 amide bonds. The van der Waals surface area contributed by atoms with Crippen LogP contribution in [0.2, 0.25) is 0 Å². The highest BCUT2D eigenvalue weighted by atomic mass is 16.5. The first-order valence-electron chi connectivity index (χ1n) is 6.41. The van der Waals surface area contributed by atoms with E-state index in [1.165, 1.54) is 16.8 Å². The second-order valence-electron chi connectivity index (χ2n) is 4.61. The number of nitrogens with one attached hydrogen (secondary N) is 2. The highest BCUT2D eigenvalue weighted by molar-refractivity contribution is 5.56. The van der Waals surface area contributed by atoms with E-state index in [4.69, 9.17) is 9.47 Å². The van der Waals surface area contributed by atoms with Gasteiger partial charge in [-0.2, -0.15) is 0 Å². The Morgan fingerprint density at radius 3 is 3.06 bits per heavy atom. The van der Waals surface area contributed by atoms with Crippen LogP contribution >= 0.6 is 0 Å². The van der Waals surface area contributed by atoms with Crippen LogP contribution in [0.1, 0.15) is 11.1 Å². The van der Waals surface area contributed by atoms with Gasteiger partial charge in [0.15, 0.2) is 0 Å². The topological polar surface area (TPSA) is 42.5 Å². The van der Waals surface area contributed by atoms with Crippen LogP contribution in [-0.2, 0) is 22.4 Å². The summed E-state index contributed by atoms with van der Waals surface area (Å²) in [4.78, 5) is 0. The second kappa shape index (κ2) is 6.73. The van der Waals surface area contributed by atoms with E-state index in [-0.39, 0.29) is 6.10 Å². The minimum absolute atomic E-state index is 0.117. The highest BCUT2D eigenvalue weighted by Gasteiger charge is 2.10. The van der Waals surface area contributed by atoms with Crippen molar-refractivity contribution >= 4 is 5.69 Å². The molecular formula is C14H22N2O2. The molecule has 0 radical (unpaired) electrons. The molecule has 1 heterocycles. The fourth-order valence-corrected chi connectivity index (χ4v) is 2.24. The minimum atomic E-state index is 0.117. The van der Waals surface area contributed by atoms with E-state index in [1.807, 2.05) is 0 Å². The van der Waals surface area contributed by atoms with Gasteiger partial charge in [0, 0.05) is 39.5 Å². The van der Waals surface area contributed by atoms with Gasteiger partial charge in [-0.1, -0.05) is 12.1 Å². The second-order valence-corrected chi connectivity index (χ2v) is 4.61. The lowest BCUT2D eigenvalue weighted by Gasteiger charge is -2.15. The summed E-state index contributed by atoms with van der Waals surface area (Å²) in [6.07, 6.45) is 1.25. The lowest BCUT2D eigenvalue weighted by atomic mass is 10.1. The van der Waals surface area contributed by atoms with Gasteiger partial charge in [-0.25, -0.2) is 0 Å². The first-order chi connectivity index (χ1) is 8.83. The van der Waals surface area contributed by atoms with Crippen molar-refractivity contribution in [2.75, 3.05) is 39.2 Å². The Morgan fingerprint density at radius 2 is 2.28 bits per heavy atom. The smallest absolute Gasteiger partial charge is 0.0928 e. The fraction of sp³-hybridized carbons (Fsp3) is 0.571. The lowest BCUT2D eigenvalue weighted by Crippen LogP contribution is -2.31. The summed E-state index contributed by atoms with van der Waals surface area (Å²) in [5.41, 5.74) is 4.03. The molecule has 1 atom stereocenters. The van der Waals surface area contributed by atoms with Gasteiger partial charge in [0.25, 0.3) is 0 Å². The molecule has 2 rings (SSSR count). The number of rotatable bonds is 7. The predicted octanol–water partition coefficient (Wildman–Crippen LogP) is 1.41. The molecule has 1 unspecified atom stereocenters. The van der Waals surface area contributed by atoms with Crippen molar-refractivity contribution in [2.24, 2.45) is 0 Å². The summed E-state index contributed by atoms with van der Waals surface area (Å²) in [6.45, 7) is 3.36. The minimum Gasteiger partial charge on any atom is -0.384 e. The van der Waals surface area contributed by atoms with Crippen molar-refractivity contribution in [3.05, 3.63) is 29.3 Å². The number of fused-ring (bicyclic) bond motifs is 1. The Labute approximate surface area is 109 Å².